The Hall–Kier alpha value is -3.50. The number of alkyl halides is 1. The van der Waals surface area contributed by atoms with Gasteiger partial charge in [-0.15, -0.1) is 0 Å². The fraction of sp³-hybridized carbons (Fsp3) is 0.400. The van der Waals surface area contributed by atoms with Crippen LogP contribution in [0.5, 0.6) is 5.75 Å². The molecule has 3 atom stereocenters. The first kappa shape index (κ1) is 26.6. The SMILES string of the molecule is COc1ccc2nccc(C(F)CC[C@@H]3CCN(CC#Cc4cccc(F)c4)C[C@@H]3CCC(=O)O)c2c1. The van der Waals surface area contributed by atoms with Crippen LogP contribution in [-0.2, 0) is 4.79 Å². The van der Waals surface area contributed by atoms with Crippen LogP contribution in [0.15, 0.2) is 54.7 Å². The normalized spacial score (nSPS) is 18.7. The van der Waals surface area contributed by atoms with E-state index in [0.717, 1.165) is 30.4 Å². The fourth-order valence-corrected chi connectivity index (χ4v) is 5.20. The van der Waals surface area contributed by atoms with E-state index in [1.807, 2.05) is 18.2 Å². The monoisotopic (exact) mass is 506 g/mol. The molecule has 0 radical (unpaired) electrons. The number of carboxylic acids is 1. The van der Waals surface area contributed by atoms with Gasteiger partial charge in [0.1, 0.15) is 17.7 Å². The zero-order valence-corrected chi connectivity index (χ0v) is 21.0. The Labute approximate surface area is 216 Å². The molecule has 1 N–H and O–H groups in total. The van der Waals surface area contributed by atoms with Crippen molar-refractivity contribution in [2.75, 3.05) is 26.7 Å². The Morgan fingerprint density at radius 1 is 1.22 bits per heavy atom. The van der Waals surface area contributed by atoms with Crippen LogP contribution in [0.2, 0.25) is 0 Å². The van der Waals surface area contributed by atoms with Crippen molar-refractivity contribution in [2.45, 2.75) is 38.3 Å². The third kappa shape index (κ3) is 7.27. The largest absolute Gasteiger partial charge is 0.497 e. The molecular formula is C30H32F2N2O3. The second-order valence-electron chi connectivity index (χ2n) is 9.62. The fourth-order valence-electron chi connectivity index (χ4n) is 5.20. The van der Waals surface area contributed by atoms with Gasteiger partial charge in [0.25, 0.3) is 0 Å². The molecule has 1 aromatic heterocycles. The smallest absolute Gasteiger partial charge is 0.303 e. The Bertz CT molecular complexity index is 1290. The van der Waals surface area contributed by atoms with Crippen molar-refractivity contribution in [3.05, 3.63) is 71.7 Å². The lowest BCUT2D eigenvalue weighted by atomic mass is 9.79. The molecule has 194 valence electrons. The van der Waals surface area contributed by atoms with Crippen molar-refractivity contribution >= 4 is 16.9 Å². The maximum absolute atomic E-state index is 15.5. The number of rotatable bonds is 9. The molecule has 37 heavy (non-hydrogen) atoms. The summed E-state index contributed by atoms with van der Waals surface area (Å²) in [6, 6.07) is 13.4. The van der Waals surface area contributed by atoms with Crippen LogP contribution in [0.3, 0.4) is 0 Å². The first-order valence-electron chi connectivity index (χ1n) is 12.7. The number of hydrogen-bond acceptors (Lipinski definition) is 4. The van der Waals surface area contributed by atoms with Gasteiger partial charge in [-0.25, -0.2) is 8.78 Å². The predicted octanol–water partition coefficient (Wildman–Crippen LogP) is 6.03. The number of halogens is 2. The molecule has 4 rings (SSSR count). The number of ether oxygens (including phenoxy) is 1. The highest BCUT2D eigenvalue weighted by Gasteiger charge is 2.30. The van der Waals surface area contributed by atoms with Gasteiger partial charge in [0, 0.05) is 30.1 Å². The Morgan fingerprint density at radius 2 is 2.08 bits per heavy atom. The number of carbonyl (C=O) groups is 1. The number of piperidine rings is 1. The maximum Gasteiger partial charge on any atom is 0.303 e. The lowest BCUT2D eigenvalue weighted by Crippen LogP contribution is -2.41. The van der Waals surface area contributed by atoms with E-state index in [4.69, 9.17) is 4.74 Å². The molecule has 1 fully saturated rings. The van der Waals surface area contributed by atoms with E-state index in [9.17, 15) is 14.3 Å². The van der Waals surface area contributed by atoms with Gasteiger partial charge in [0.2, 0.25) is 0 Å². The Balaban J connectivity index is 1.39. The number of aliphatic carboxylic acids is 1. The van der Waals surface area contributed by atoms with Gasteiger partial charge in [0.15, 0.2) is 0 Å². The van der Waals surface area contributed by atoms with Crippen LogP contribution in [0.25, 0.3) is 10.9 Å². The van der Waals surface area contributed by atoms with Gasteiger partial charge in [-0.2, -0.15) is 0 Å². The van der Waals surface area contributed by atoms with E-state index in [1.165, 1.54) is 12.1 Å². The molecule has 0 aliphatic carbocycles. The average Bonchev–Trinajstić information content (AvgIpc) is 2.90. The summed E-state index contributed by atoms with van der Waals surface area (Å²) in [4.78, 5) is 17.8. The summed E-state index contributed by atoms with van der Waals surface area (Å²) in [6.07, 6.45) is 3.05. The number of pyridine rings is 1. The van der Waals surface area contributed by atoms with E-state index in [0.29, 0.717) is 42.7 Å². The average molecular weight is 507 g/mol. The summed E-state index contributed by atoms with van der Waals surface area (Å²) in [6.45, 7) is 2.07. The highest BCUT2D eigenvalue weighted by Crippen LogP contribution is 2.36. The number of aromatic nitrogens is 1. The lowest BCUT2D eigenvalue weighted by Gasteiger charge is -2.38. The lowest BCUT2D eigenvalue weighted by molar-refractivity contribution is -0.137. The van der Waals surface area contributed by atoms with Gasteiger partial charge in [-0.1, -0.05) is 17.9 Å². The summed E-state index contributed by atoms with van der Waals surface area (Å²) >= 11 is 0. The predicted molar refractivity (Wildman–Crippen MR) is 140 cm³/mol. The molecule has 0 amide bonds. The molecule has 2 aromatic carbocycles. The highest BCUT2D eigenvalue weighted by molar-refractivity contribution is 5.83. The number of carboxylic acid groups (broad SMARTS) is 1. The second-order valence-corrected chi connectivity index (χ2v) is 9.62. The number of benzene rings is 2. The third-order valence-corrected chi connectivity index (χ3v) is 7.18. The summed E-state index contributed by atoms with van der Waals surface area (Å²) < 4.78 is 34.2. The van der Waals surface area contributed by atoms with Crippen LogP contribution < -0.4 is 4.74 Å². The highest BCUT2D eigenvalue weighted by atomic mass is 19.1. The molecule has 1 aliphatic heterocycles. The first-order chi connectivity index (χ1) is 17.9. The molecule has 3 aromatic rings. The number of fused-ring (bicyclic) bond motifs is 1. The number of hydrogen-bond donors (Lipinski definition) is 1. The zero-order chi connectivity index (χ0) is 26.2. The Morgan fingerprint density at radius 3 is 2.86 bits per heavy atom. The molecule has 0 saturated carbocycles. The number of likely N-dealkylation sites (tertiary alicyclic amines) is 1. The van der Waals surface area contributed by atoms with Crippen LogP contribution >= 0.6 is 0 Å². The van der Waals surface area contributed by atoms with E-state index in [-0.39, 0.29) is 24.1 Å². The topological polar surface area (TPSA) is 62.7 Å². The van der Waals surface area contributed by atoms with Crippen LogP contribution in [0.1, 0.15) is 49.4 Å². The molecule has 1 unspecified atom stereocenters. The molecule has 0 bridgehead atoms. The van der Waals surface area contributed by atoms with E-state index in [1.54, 1.807) is 31.5 Å². The second kappa shape index (κ2) is 12.6. The molecule has 5 nitrogen and oxygen atoms in total. The summed E-state index contributed by atoms with van der Waals surface area (Å²) in [5.41, 5.74) is 1.97. The number of nitrogens with zero attached hydrogens (tertiary/aromatic N) is 2. The van der Waals surface area contributed by atoms with Gasteiger partial charge >= 0.3 is 5.97 Å². The van der Waals surface area contributed by atoms with Gasteiger partial charge in [0.05, 0.1) is 19.2 Å². The molecule has 1 aliphatic rings. The Kier molecular flexibility index (Phi) is 9.08. The number of methoxy groups -OCH3 is 1. The zero-order valence-electron chi connectivity index (χ0n) is 21.0. The van der Waals surface area contributed by atoms with Crippen LogP contribution in [0, 0.1) is 29.5 Å². The van der Waals surface area contributed by atoms with Crippen molar-refractivity contribution in [3.8, 4) is 17.6 Å². The van der Waals surface area contributed by atoms with Gasteiger partial charge < -0.3 is 9.84 Å². The molecule has 7 heteroatoms. The van der Waals surface area contributed by atoms with E-state index in [2.05, 4.69) is 21.7 Å². The summed E-state index contributed by atoms with van der Waals surface area (Å²) in [5.74, 6) is 6.04. The van der Waals surface area contributed by atoms with Crippen LogP contribution in [0.4, 0.5) is 8.78 Å². The maximum atomic E-state index is 15.5. The standard InChI is InChI=1S/C30H32F2N2O3/c1-37-25-9-11-29-27(19-25)26(13-15-33-29)28(32)10-7-22-14-17-34(20-23(22)8-12-30(35)36)16-3-5-21-4-2-6-24(31)18-21/h2,4,6,9,11,13,15,18-19,22-23,28H,7-8,10,12,14,16-17,20H2,1H3,(H,35,36)/t22-,23+,28?/m1/s1. The van der Waals surface area contributed by atoms with Gasteiger partial charge in [-0.3, -0.25) is 14.7 Å². The first-order valence-corrected chi connectivity index (χ1v) is 12.7. The summed E-state index contributed by atoms with van der Waals surface area (Å²) in [7, 11) is 1.58. The quantitative estimate of drug-likeness (QED) is 0.359. The molecule has 1 saturated heterocycles. The summed E-state index contributed by atoms with van der Waals surface area (Å²) in [5, 5.41) is 10.0. The minimum atomic E-state index is -1.15. The van der Waals surface area contributed by atoms with Crippen molar-refractivity contribution in [2.24, 2.45) is 11.8 Å². The van der Waals surface area contributed by atoms with E-state index < -0.39 is 12.1 Å². The minimum Gasteiger partial charge on any atom is -0.497 e. The minimum absolute atomic E-state index is 0.0951. The van der Waals surface area contributed by atoms with Crippen molar-refractivity contribution in [1.82, 2.24) is 9.88 Å². The third-order valence-electron chi connectivity index (χ3n) is 7.18. The van der Waals surface area contributed by atoms with E-state index >= 15 is 4.39 Å². The van der Waals surface area contributed by atoms with Crippen LogP contribution in [-0.4, -0.2) is 47.7 Å². The van der Waals surface area contributed by atoms with Crippen molar-refractivity contribution in [1.29, 1.82) is 0 Å². The van der Waals surface area contributed by atoms with Crippen molar-refractivity contribution in [3.63, 3.8) is 0 Å². The molecular weight excluding hydrogens is 474 g/mol. The van der Waals surface area contributed by atoms with Gasteiger partial charge in [-0.05, 0) is 92.1 Å². The van der Waals surface area contributed by atoms with Crippen molar-refractivity contribution < 1.29 is 23.4 Å². The molecule has 0 spiro atoms. The molecule has 2 heterocycles.